The summed E-state index contributed by atoms with van der Waals surface area (Å²) in [6.07, 6.45) is 3.35. The summed E-state index contributed by atoms with van der Waals surface area (Å²) in [5.74, 6) is 0.363. The number of hydrogen-bond donors (Lipinski definition) is 1. The number of nitrogens with zero attached hydrogens (tertiary/aromatic N) is 2. The lowest BCUT2D eigenvalue weighted by atomic mass is 9.75. The Morgan fingerprint density at radius 3 is 2.44 bits per heavy atom. The number of hydrogen-bond acceptors (Lipinski definition) is 3. The minimum absolute atomic E-state index is 0.0223. The average Bonchev–Trinajstić information content (AvgIpc) is 2.82. The molecule has 0 aliphatic carbocycles. The zero-order valence-electron chi connectivity index (χ0n) is 20.5. The van der Waals surface area contributed by atoms with Gasteiger partial charge in [-0.25, -0.2) is 4.39 Å². The van der Waals surface area contributed by atoms with Crippen LogP contribution in [0.25, 0.3) is 0 Å². The number of benzene rings is 2. The molecule has 2 atom stereocenters. The number of fused-ring (bicyclic) bond motifs is 4. The van der Waals surface area contributed by atoms with Crippen molar-refractivity contribution in [1.82, 2.24) is 15.1 Å². The van der Waals surface area contributed by atoms with Crippen molar-refractivity contribution in [2.45, 2.75) is 50.5 Å². The smallest absolute Gasteiger partial charge is 0.184 e. The molecular weight excluding hydrogens is 461 g/mol. The van der Waals surface area contributed by atoms with E-state index in [2.05, 4.69) is 59.0 Å². The second-order valence-electron chi connectivity index (χ2n) is 11.1. The Labute approximate surface area is 209 Å². The third-order valence-electron chi connectivity index (χ3n) is 7.60. The van der Waals surface area contributed by atoms with Crippen LogP contribution in [0.5, 0.6) is 0 Å². The highest BCUT2D eigenvalue weighted by Gasteiger charge is 2.49. The maximum Gasteiger partial charge on any atom is 0.184 e. The van der Waals surface area contributed by atoms with Gasteiger partial charge >= 0.3 is 0 Å². The van der Waals surface area contributed by atoms with Crippen LogP contribution in [0.15, 0.2) is 48.5 Å². The molecule has 0 radical (unpaired) electrons. The first-order chi connectivity index (χ1) is 16.2. The maximum absolute atomic E-state index is 13.7. The Hall–Kier alpha value is -1.80. The predicted molar refractivity (Wildman–Crippen MR) is 142 cm³/mol. The van der Waals surface area contributed by atoms with E-state index < -0.39 is 8.32 Å². The van der Waals surface area contributed by atoms with Crippen LogP contribution in [-0.4, -0.2) is 61.6 Å². The second kappa shape index (κ2) is 9.34. The van der Waals surface area contributed by atoms with Gasteiger partial charge in [0.15, 0.2) is 13.4 Å². The Bertz CT molecular complexity index is 1030. The van der Waals surface area contributed by atoms with E-state index in [1.54, 1.807) is 12.1 Å². The minimum atomic E-state index is -1.74. The van der Waals surface area contributed by atoms with Crippen LogP contribution in [-0.2, 0) is 10.8 Å². The Morgan fingerprint density at radius 2 is 1.79 bits per heavy atom. The number of halogens is 1. The molecule has 3 fully saturated rings. The molecule has 1 N–H and O–H groups in total. The first-order valence-corrected chi connectivity index (χ1v) is 16.4. The molecule has 4 nitrogen and oxygen atoms in total. The molecule has 34 heavy (non-hydrogen) atoms. The predicted octanol–water partition coefficient (Wildman–Crippen LogP) is 4.96. The van der Waals surface area contributed by atoms with Gasteiger partial charge in [0.05, 0.1) is 11.6 Å². The molecule has 4 aliphatic rings. The van der Waals surface area contributed by atoms with Gasteiger partial charge in [-0.1, -0.05) is 36.4 Å². The molecule has 6 rings (SSSR count). The highest BCUT2D eigenvalue weighted by atomic mass is 32.1. The van der Waals surface area contributed by atoms with Gasteiger partial charge in [0.2, 0.25) is 0 Å². The first kappa shape index (κ1) is 23.9. The first-order valence-electron chi connectivity index (χ1n) is 12.5. The van der Waals surface area contributed by atoms with Gasteiger partial charge in [-0.3, -0.25) is 0 Å². The fourth-order valence-corrected chi connectivity index (χ4v) is 7.99. The molecule has 7 heteroatoms. The van der Waals surface area contributed by atoms with Crippen molar-refractivity contribution < 1.29 is 8.82 Å². The number of thiocarbonyl (C=S) groups is 1. The molecule has 0 saturated carbocycles. The van der Waals surface area contributed by atoms with E-state index in [0.29, 0.717) is 5.92 Å². The van der Waals surface area contributed by atoms with Crippen LogP contribution in [0, 0.1) is 11.7 Å². The summed E-state index contributed by atoms with van der Waals surface area (Å²) in [6.45, 7) is 11.8. The monoisotopic (exact) mass is 497 g/mol. The summed E-state index contributed by atoms with van der Waals surface area (Å²) in [4.78, 5) is 4.85. The van der Waals surface area contributed by atoms with Gasteiger partial charge in [0.1, 0.15) is 5.82 Å². The van der Waals surface area contributed by atoms with Gasteiger partial charge in [-0.05, 0) is 99.0 Å². The van der Waals surface area contributed by atoms with Gasteiger partial charge in [0, 0.05) is 19.6 Å². The van der Waals surface area contributed by atoms with Crippen molar-refractivity contribution in [2.75, 3.05) is 32.7 Å². The van der Waals surface area contributed by atoms with E-state index in [-0.39, 0.29) is 17.5 Å². The van der Waals surface area contributed by atoms with Gasteiger partial charge in [-0.2, -0.15) is 0 Å². The van der Waals surface area contributed by atoms with E-state index in [1.807, 2.05) is 12.1 Å². The Kier molecular flexibility index (Phi) is 6.57. The van der Waals surface area contributed by atoms with E-state index in [4.69, 9.17) is 16.6 Å². The molecule has 1 unspecified atom stereocenters. The SMILES string of the molecule is C[Si](C)(C)OC1(CNC(=S)N2CCc3ccccc3[C@@H]2c2ccc(F)cc2)CN2CCC1CC2. The Balaban J connectivity index is 1.40. The number of piperidine rings is 3. The van der Waals surface area contributed by atoms with Crippen molar-refractivity contribution in [2.24, 2.45) is 5.92 Å². The lowest BCUT2D eigenvalue weighted by Crippen LogP contribution is -2.67. The third-order valence-corrected chi connectivity index (χ3v) is 9.00. The number of rotatable bonds is 5. The quantitative estimate of drug-likeness (QED) is 0.465. The van der Waals surface area contributed by atoms with Crippen molar-refractivity contribution in [3.05, 3.63) is 71.0 Å². The van der Waals surface area contributed by atoms with Crippen LogP contribution in [0.4, 0.5) is 4.39 Å². The van der Waals surface area contributed by atoms with Crippen LogP contribution in [0.3, 0.4) is 0 Å². The summed E-state index contributed by atoms with van der Waals surface area (Å²) in [5.41, 5.74) is 3.48. The van der Waals surface area contributed by atoms with Crippen LogP contribution in [0.1, 0.15) is 35.6 Å². The minimum Gasteiger partial charge on any atom is -0.409 e. The highest BCUT2D eigenvalue weighted by Crippen LogP contribution is 2.40. The van der Waals surface area contributed by atoms with E-state index in [9.17, 15) is 4.39 Å². The fraction of sp³-hybridized carbons (Fsp3) is 0.519. The molecule has 0 spiro atoms. The van der Waals surface area contributed by atoms with Crippen molar-refractivity contribution in [3.63, 3.8) is 0 Å². The molecule has 0 amide bonds. The zero-order chi connectivity index (χ0) is 23.9. The van der Waals surface area contributed by atoms with Crippen molar-refractivity contribution >= 4 is 25.6 Å². The van der Waals surface area contributed by atoms with Crippen LogP contribution < -0.4 is 5.32 Å². The molecule has 2 bridgehead atoms. The molecule has 182 valence electrons. The lowest BCUT2D eigenvalue weighted by molar-refractivity contribution is -0.0944. The summed E-state index contributed by atoms with van der Waals surface area (Å²) in [6, 6.07) is 15.4. The molecule has 4 heterocycles. The molecule has 0 aromatic heterocycles. The summed E-state index contributed by atoms with van der Waals surface area (Å²) < 4.78 is 20.7. The zero-order valence-corrected chi connectivity index (χ0v) is 22.3. The van der Waals surface area contributed by atoms with Crippen molar-refractivity contribution in [1.29, 1.82) is 0 Å². The fourth-order valence-electron chi connectivity index (χ4n) is 6.20. The second-order valence-corrected chi connectivity index (χ2v) is 15.9. The molecule has 2 aromatic carbocycles. The summed E-state index contributed by atoms with van der Waals surface area (Å²) in [5, 5.41) is 4.43. The van der Waals surface area contributed by atoms with Gasteiger partial charge in [-0.15, -0.1) is 0 Å². The standard InChI is InChI=1S/C27H36FN3OSSi/c1-34(2,3)32-27(19-30-15-13-22(27)14-16-30)18-29-26(33)31-17-12-20-6-4-5-7-24(20)25(31)21-8-10-23(28)11-9-21/h4-11,22,25H,12-19H2,1-3H3,(H,29,33)/t25-,27?/m0/s1. The normalized spacial score (nSPS) is 28.5. The Morgan fingerprint density at radius 1 is 1.09 bits per heavy atom. The highest BCUT2D eigenvalue weighted by molar-refractivity contribution is 7.80. The maximum atomic E-state index is 13.7. The van der Waals surface area contributed by atoms with E-state index in [1.165, 1.54) is 37.1 Å². The topological polar surface area (TPSA) is 27.7 Å². The van der Waals surface area contributed by atoms with Gasteiger partial charge in [0.25, 0.3) is 0 Å². The third kappa shape index (κ3) is 4.80. The van der Waals surface area contributed by atoms with E-state index in [0.717, 1.165) is 36.7 Å². The molecule has 2 aromatic rings. The van der Waals surface area contributed by atoms with Crippen LogP contribution >= 0.6 is 12.2 Å². The number of nitrogens with one attached hydrogen (secondary N) is 1. The molecule has 3 saturated heterocycles. The largest absolute Gasteiger partial charge is 0.409 e. The van der Waals surface area contributed by atoms with Gasteiger partial charge < -0.3 is 19.5 Å². The summed E-state index contributed by atoms with van der Waals surface area (Å²) >= 11 is 6.03. The molecular formula is C27H36FN3OSSi. The van der Waals surface area contributed by atoms with E-state index >= 15 is 0 Å². The average molecular weight is 498 g/mol. The lowest BCUT2D eigenvalue weighted by Gasteiger charge is -2.55. The summed E-state index contributed by atoms with van der Waals surface area (Å²) in [7, 11) is -1.74. The van der Waals surface area contributed by atoms with Crippen molar-refractivity contribution in [3.8, 4) is 0 Å². The molecule has 4 aliphatic heterocycles. The van der Waals surface area contributed by atoms with Crippen LogP contribution in [0.2, 0.25) is 19.6 Å².